The maximum atomic E-state index is 2.38. The Kier molecular flexibility index (Phi) is 2.32. The number of hydrogen-bond donors (Lipinski definition) is 0. The van der Waals surface area contributed by atoms with E-state index in [1.54, 1.807) is 5.56 Å². The largest absolute Gasteiger partial charge is 0.0764 e. The zero-order chi connectivity index (χ0) is 12.0. The summed E-state index contributed by atoms with van der Waals surface area (Å²) < 4.78 is 0. The minimum absolute atomic E-state index is 0.563. The van der Waals surface area contributed by atoms with Gasteiger partial charge in [0.2, 0.25) is 0 Å². The van der Waals surface area contributed by atoms with Crippen LogP contribution < -0.4 is 0 Å². The monoisotopic (exact) mass is 222 g/mol. The highest BCUT2D eigenvalue weighted by molar-refractivity contribution is 5.69. The molecule has 0 heterocycles. The third kappa shape index (κ3) is 1.51. The standard InChI is InChI=1S/C17H18/c1-11-8-9-12(2)17-13(3)15-7-5-4-6-14(15)10-16(11)17/h4-10,13,15H,1-3H3. The van der Waals surface area contributed by atoms with E-state index in [1.165, 1.54) is 22.3 Å². The Bertz CT molecular complexity index is 556. The lowest BCUT2D eigenvalue weighted by molar-refractivity contribution is 0.613. The van der Waals surface area contributed by atoms with Crippen LogP contribution in [-0.4, -0.2) is 0 Å². The molecule has 3 rings (SSSR count). The molecule has 0 saturated carbocycles. The summed E-state index contributed by atoms with van der Waals surface area (Å²) in [6.45, 7) is 6.80. The maximum Gasteiger partial charge on any atom is 0.00877 e. The van der Waals surface area contributed by atoms with Gasteiger partial charge in [-0.15, -0.1) is 0 Å². The Morgan fingerprint density at radius 2 is 1.76 bits per heavy atom. The Labute approximate surface area is 103 Å². The smallest absolute Gasteiger partial charge is 0.00877 e. The minimum atomic E-state index is 0.563. The fraction of sp³-hybridized carbons (Fsp3) is 0.294. The second-order valence-corrected chi connectivity index (χ2v) is 5.23. The highest BCUT2D eigenvalue weighted by Crippen LogP contribution is 2.43. The van der Waals surface area contributed by atoms with Crippen molar-refractivity contribution in [2.45, 2.75) is 26.7 Å². The van der Waals surface area contributed by atoms with E-state index in [0.717, 1.165) is 0 Å². The lowest BCUT2D eigenvalue weighted by atomic mass is 9.72. The van der Waals surface area contributed by atoms with Crippen LogP contribution in [0.5, 0.6) is 0 Å². The Morgan fingerprint density at radius 3 is 2.59 bits per heavy atom. The molecule has 2 aliphatic rings. The van der Waals surface area contributed by atoms with Crippen LogP contribution in [0.1, 0.15) is 35.1 Å². The molecule has 2 aliphatic carbocycles. The quantitative estimate of drug-likeness (QED) is 0.604. The number of rotatable bonds is 0. The van der Waals surface area contributed by atoms with Crippen molar-refractivity contribution in [2.24, 2.45) is 5.92 Å². The predicted octanol–water partition coefficient (Wildman–Crippen LogP) is 4.55. The van der Waals surface area contributed by atoms with Gasteiger partial charge in [0, 0.05) is 5.92 Å². The summed E-state index contributed by atoms with van der Waals surface area (Å²) in [4.78, 5) is 0. The lowest BCUT2D eigenvalue weighted by Gasteiger charge is -2.32. The van der Waals surface area contributed by atoms with E-state index in [-0.39, 0.29) is 0 Å². The van der Waals surface area contributed by atoms with Crippen molar-refractivity contribution in [2.75, 3.05) is 0 Å². The van der Waals surface area contributed by atoms with Gasteiger partial charge < -0.3 is 0 Å². The average Bonchev–Trinajstić information content (AvgIpc) is 2.34. The first kappa shape index (κ1) is 10.6. The van der Waals surface area contributed by atoms with Gasteiger partial charge in [-0.1, -0.05) is 49.4 Å². The molecule has 1 aromatic rings. The summed E-state index contributed by atoms with van der Waals surface area (Å²) in [6, 6.07) is 4.49. The second-order valence-electron chi connectivity index (χ2n) is 5.23. The van der Waals surface area contributed by atoms with Crippen molar-refractivity contribution in [3.05, 3.63) is 64.3 Å². The zero-order valence-electron chi connectivity index (χ0n) is 10.7. The van der Waals surface area contributed by atoms with Crippen molar-refractivity contribution < 1.29 is 0 Å². The van der Waals surface area contributed by atoms with Crippen molar-refractivity contribution in [3.63, 3.8) is 0 Å². The molecule has 0 aliphatic heterocycles. The molecule has 0 radical (unpaired) electrons. The molecule has 0 spiro atoms. The number of fused-ring (bicyclic) bond motifs is 2. The first-order valence-corrected chi connectivity index (χ1v) is 6.35. The summed E-state index contributed by atoms with van der Waals surface area (Å²) in [7, 11) is 0. The van der Waals surface area contributed by atoms with E-state index in [4.69, 9.17) is 0 Å². The third-order valence-electron chi connectivity index (χ3n) is 4.13. The van der Waals surface area contributed by atoms with Crippen LogP contribution in [0.25, 0.3) is 6.08 Å². The molecule has 0 fully saturated rings. The summed E-state index contributed by atoms with van der Waals surface area (Å²) in [5, 5.41) is 0. The van der Waals surface area contributed by atoms with Gasteiger partial charge in [0.05, 0.1) is 0 Å². The van der Waals surface area contributed by atoms with Crippen molar-refractivity contribution in [1.29, 1.82) is 0 Å². The molecule has 2 unspecified atom stereocenters. The van der Waals surface area contributed by atoms with E-state index < -0.39 is 0 Å². The van der Waals surface area contributed by atoms with Crippen LogP contribution in [0.3, 0.4) is 0 Å². The molecule has 0 nitrogen and oxygen atoms in total. The molecule has 0 N–H and O–H groups in total. The fourth-order valence-electron chi connectivity index (χ4n) is 3.17. The van der Waals surface area contributed by atoms with Crippen LogP contribution >= 0.6 is 0 Å². The van der Waals surface area contributed by atoms with Gasteiger partial charge >= 0.3 is 0 Å². The van der Waals surface area contributed by atoms with E-state index in [9.17, 15) is 0 Å². The van der Waals surface area contributed by atoms with Gasteiger partial charge in [-0.2, -0.15) is 0 Å². The summed E-state index contributed by atoms with van der Waals surface area (Å²) >= 11 is 0. The number of hydrogen-bond acceptors (Lipinski definition) is 0. The Balaban J connectivity index is 2.27. The molecule has 1 aromatic carbocycles. The third-order valence-corrected chi connectivity index (χ3v) is 4.13. The van der Waals surface area contributed by atoms with Crippen molar-refractivity contribution in [1.82, 2.24) is 0 Å². The number of aryl methyl sites for hydroxylation is 2. The molecule has 0 saturated heterocycles. The fourth-order valence-corrected chi connectivity index (χ4v) is 3.17. The van der Waals surface area contributed by atoms with E-state index >= 15 is 0 Å². The average molecular weight is 222 g/mol. The lowest BCUT2D eigenvalue weighted by Crippen LogP contribution is -2.18. The SMILES string of the molecule is Cc1ccc(C)c2c1C=C1C=CC=CC1C2C. The predicted molar refractivity (Wildman–Crippen MR) is 74.1 cm³/mol. The molecule has 17 heavy (non-hydrogen) atoms. The molecule has 0 bridgehead atoms. The number of allylic oxidation sites excluding steroid dienone is 5. The molecular formula is C17H18. The van der Waals surface area contributed by atoms with Gasteiger partial charge in [0.15, 0.2) is 0 Å². The van der Waals surface area contributed by atoms with Crippen LogP contribution in [0.15, 0.2) is 42.0 Å². The molecule has 0 aromatic heterocycles. The topological polar surface area (TPSA) is 0 Å². The molecule has 86 valence electrons. The minimum Gasteiger partial charge on any atom is -0.0764 e. The first-order chi connectivity index (χ1) is 8.18. The van der Waals surface area contributed by atoms with Crippen molar-refractivity contribution in [3.8, 4) is 0 Å². The van der Waals surface area contributed by atoms with E-state index in [0.29, 0.717) is 11.8 Å². The van der Waals surface area contributed by atoms with Crippen LogP contribution in [0.4, 0.5) is 0 Å². The molecule has 0 amide bonds. The van der Waals surface area contributed by atoms with Gasteiger partial charge in [0.1, 0.15) is 0 Å². The van der Waals surface area contributed by atoms with E-state index in [1.807, 2.05) is 0 Å². The van der Waals surface area contributed by atoms with Gasteiger partial charge in [-0.3, -0.25) is 0 Å². The molecule has 2 atom stereocenters. The Morgan fingerprint density at radius 1 is 1.00 bits per heavy atom. The van der Waals surface area contributed by atoms with Crippen LogP contribution in [0, 0.1) is 19.8 Å². The number of benzene rings is 1. The van der Waals surface area contributed by atoms with Gasteiger partial charge in [0.25, 0.3) is 0 Å². The van der Waals surface area contributed by atoms with E-state index in [2.05, 4.69) is 63.3 Å². The van der Waals surface area contributed by atoms with Crippen LogP contribution in [0.2, 0.25) is 0 Å². The summed E-state index contributed by atoms with van der Waals surface area (Å²) in [5.41, 5.74) is 7.27. The highest BCUT2D eigenvalue weighted by atomic mass is 14.3. The van der Waals surface area contributed by atoms with Gasteiger partial charge in [-0.05, 0) is 47.6 Å². The first-order valence-electron chi connectivity index (χ1n) is 6.35. The Hall–Kier alpha value is -1.56. The highest BCUT2D eigenvalue weighted by Gasteiger charge is 2.28. The molecule has 0 heteroatoms. The van der Waals surface area contributed by atoms with Crippen molar-refractivity contribution >= 4 is 6.08 Å². The van der Waals surface area contributed by atoms with Crippen LogP contribution in [-0.2, 0) is 0 Å². The second kappa shape index (κ2) is 3.73. The summed E-state index contributed by atoms with van der Waals surface area (Å²) in [6.07, 6.45) is 11.3. The normalized spacial score (nSPS) is 25.2. The maximum absolute atomic E-state index is 2.38. The molecular weight excluding hydrogens is 204 g/mol. The summed E-state index contributed by atoms with van der Waals surface area (Å²) in [5.74, 6) is 1.15. The zero-order valence-corrected chi connectivity index (χ0v) is 10.7. The van der Waals surface area contributed by atoms with Gasteiger partial charge in [-0.25, -0.2) is 0 Å².